The Morgan fingerprint density at radius 3 is 2.62 bits per heavy atom. The molecule has 2 aromatic rings. The number of aryl methyl sites for hydroxylation is 2. The number of anilines is 1. The van der Waals surface area contributed by atoms with E-state index in [2.05, 4.69) is 30.3 Å². The highest BCUT2D eigenvalue weighted by Gasteiger charge is 2.20. The highest BCUT2D eigenvalue weighted by atomic mass is 15.3. The number of rotatable bonds is 5. The predicted molar refractivity (Wildman–Crippen MR) is 87.2 cm³/mol. The molecule has 3 nitrogen and oxygen atoms in total. The summed E-state index contributed by atoms with van der Waals surface area (Å²) in [5.74, 6) is 0.592. The van der Waals surface area contributed by atoms with E-state index in [1.165, 1.54) is 37.7 Å². The molecule has 0 amide bonds. The van der Waals surface area contributed by atoms with Crippen molar-refractivity contribution in [3.8, 4) is 0 Å². The van der Waals surface area contributed by atoms with Gasteiger partial charge in [-0.3, -0.25) is 4.68 Å². The van der Waals surface area contributed by atoms with Crippen molar-refractivity contribution in [1.82, 2.24) is 9.78 Å². The van der Waals surface area contributed by atoms with Crippen molar-refractivity contribution in [1.29, 1.82) is 0 Å². The quantitative estimate of drug-likeness (QED) is 0.896. The molecule has 1 aliphatic carbocycles. The summed E-state index contributed by atoms with van der Waals surface area (Å²) in [6.45, 7) is 0.950. The van der Waals surface area contributed by atoms with Gasteiger partial charge in [0.1, 0.15) is 0 Å². The van der Waals surface area contributed by atoms with Gasteiger partial charge in [-0.2, -0.15) is 5.10 Å². The first kappa shape index (κ1) is 14.2. The van der Waals surface area contributed by atoms with Crippen LogP contribution in [0.2, 0.25) is 0 Å². The normalized spacial score (nSPS) is 16.2. The van der Waals surface area contributed by atoms with Gasteiger partial charge in [-0.25, -0.2) is 0 Å². The Kier molecular flexibility index (Phi) is 4.59. The molecule has 0 radical (unpaired) electrons. The zero-order chi connectivity index (χ0) is 14.5. The van der Waals surface area contributed by atoms with Gasteiger partial charge < -0.3 is 5.73 Å². The lowest BCUT2D eigenvalue weighted by atomic mass is 9.86. The largest absolute Gasteiger partial charge is 0.396 e. The molecule has 1 aromatic heterocycles. The highest BCUT2D eigenvalue weighted by molar-refractivity contribution is 5.42. The van der Waals surface area contributed by atoms with E-state index in [0.717, 1.165) is 30.8 Å². The van der Waals surface area contributed by atoms with E-state index < -0.39 is 0 Å². The molecule has 112 valence electrons. The standard InChI is InChI=1S/C18H25N3/c19-17-14-21(13-7-10-15-8-3-1-4-9-15)20-18(17)16-11-5-2-6-12-16/h1,3-4,8-9,14,16H,2,5-7,10-13,19H2. The van der Waals surface area contributed by atoms with Crippen LogP contribution >= 0.6 is 0 Å². The van der Waals surface area contributed by atoms with Crippen LogP contribution in [0.3, 0.4) is 0 Å². The number of hydrogen-bond donors (Lipinski definition) is 1. The van der Waals surface area contributed by atoms with E-state index in [1.54, 1.807) is 0 Å². The number of benzene rings is 1. The topological polar surface area (TPSA) is 43.8 Å². The molecule has 3 heteroatoms. The minimum atomic E-state index is 0.592. The third-order valence-corrected chi connectivity index (χ3v) is 4.51. The molecule has 2 N–H and O–H groups in total. The molecular weight excluding hydrogens is 258 g/mol. The minimum absolute atomic E-state index is 0.592. The molecule has 0 unspecified atom stereocenters. The van der Waals surface area contributed by atoms with Crippen LogP contribution in [0.4, 0.5) is 5.69 Å². The zero-order valence-electron chi connectivity index (χ0n) is 12.7. The molecule has 0 spiro atoms. The summed E-state index contributed by atoms with van der Waals surface area (Å²) in [6, 6.07) is 10.6. The first-order valence-electron chi connectivity index (χ1n) is 8.19. The second kappa shape index (κ2) is 6.79. The van der Waals surface area contributed by atoms with E-state index >= 15 is 0 Å². The maximum absolute atomic E-state index is 6.17. The van der Waals surface area contributed by atoms with Gasteiger partial charge in [-0.05, 0) is 31.2 Å². The fourth-order valence-corrected chi connectivity index (χ4v) is 3.35. The van der Waals surface area contributed by atoms with Crippen molar-refractivity contribution < 1.29 is 0 Å². The van der Waals surface area contributed by atoms with Crippen molar-refractivity contribution in [3.05, 3.63) is 47.8 Å². The number of nitrogens with zero attached hydrogens (tertiary/aromatic N) is 2. The third-order valence-electron chi connectivity index (χ3n) is 4.51. The fraction of sp³-hybridized carbons (Fsp3) is 0.500. The van der Waals surface area contributed by atoms with E-state index in [0.29, 0.717) is 5.92 Å². The average molecular weight is 283 g/mol. The Morgan fingerprint density at radius 1 is 1.10 bits per heavy atom. The van der Waals surface area contributed by atoms with E-state index in [9.17, 15) is 0 Å². The molecule has 1 aromatic carbocycles. The van der Waals surface area contributed by atoms with Crippen LogP contribution in [-0.2, 0) is 13.0 Å². The molecule has 1 heterocycles. The Morgan fingerprint density at radius 2 is 1.86 bits per heavy atom. The first-order chi connectivity index (χ1) is 10.3. The van der Waals surface area contributed by atoms with Crippen molar-refractivity contribution in [2.45, 2.75) is 57.4 Å². The van der Waals surface area contributed by atoms with Crippen LogP contribution in [0.15, 0.2) is 36.5 Å². The van der Waals surface area contributed by atoms with Crippen molar-refractivity contribution >= 4 is 5.69 Å². The van der Waals surface area contributed by atoms with Gasteiger partial charge in [0.25, 0.3) is 0 Å². The molecule has 0 saturated heterocycles. The minimum Gasteiger partial charge on any atom is -0.396 e. The second-order valence-corrected chi connectivity index (χ2v) is 6.16. The lowest BCUT2D eigenvalue weighted by Gasteiger charge is -2.20. The molecule has 1 saturated carbocycles. The molecule has 1 aliphatic rings. The number of nitrogen functional groups attached to an aromatic ring is 1. The van der Waals surface area contributed by atoms with Crippen LogP contribution in [0, 0.1) is 0 Å². The lowest BCUT2D eigenvalue weighted by Crippen LogP contribution is -2.08. The van der Waals surface area contributed by atoms with E-state index in [1.807, 2.05) is 10.9 Å². The van der Waals surface area contributed by atoms with Gasteiger partial charge in [-0.1, -0.05) is 49.6 Å². The van der Waals surface area contributed by atoms with Crippen molar-refractivity contribution in [2.24, 2.45) is 0 Å². The SMILES string of the molecule is Nc1cn(CCCc2ccccc2)nc1C1CCCCC1. The molecule has 0 aliphatic heterocycles. The summed E-state index contributed by atoms with van der Waals surface area (Å²) in [5.41, 5.74) is 9.60. The smallest absolute Gasteiger partial charge is 0.0884 e. The van der Waals surface area contributed by atoms with Crippen LogP contribution in [-0.4, -0.2) is 9.78 Å². The number of aromatic nitrogens is 2. The van der Waals surface area contributed by atoms with E-state index in [4.69, 9.17) is 10.8 Å². The van der Waals surface area contributed by atoms with Crippen LogP contribution in [0.25, 0.3) is 0 Å². The van der Waals surface area contributed by atoms with Crippen molar-refractivity contribution in [2.75, 3.05) is 5.73 Å². The third kappa shape index (κ3) is 3.66. The molecule has 3 rings (SSSR count). The lowest BCUT2D eigenvalue weighted by molar-refractivity contribution is 0.431. The molecular formula is C18H25N3. The maximum atomic E-state index is 6.17. The highest BCUT2D eigenvalue weighted by Crippen LogP contribution is 2.34. The number of hydrogen-bond acceptors (Lipinski definition) is 2. The zero-order valence-corrected chi connectivity index (χ0v) is 12.7. The van der Waals surface area contributed by atoms with E-state index in [-0.39, 0.29) is 0 Å². The van der Waals surface area contributed by atoms with Crippen LogP contribution in [0.5, 0.6) is 0 Å². The molecule has 1 fully saturated rings. The van der Waals surface area contributed by atoms with Gasteiger partial charge in [-0.15, -0.1) is 0 Å². The predicted octanol–water partition coefficient (Wildman–Crippen LogP) is 4.15. The van der Waals surface area contributed by atoms with Gasteiger partial charge in [0.2, 0.25) is 0 Å². The van der Waals surface area contributed by atoms with Gasteiger partial charge in [0.05, 0.1) is 11.4 Å². The summed E-state index contributed by atoms with van der Waals surface area (Å²) in [5, 5.41) is 4.76. The Bertz CT molecular complexity index is 553. The summed E-state index contributed by atoms with van der Waals surface area (Å²) < 4.78 is 2.04. The monoisotopic (exact) mass is 283 g/mol. The Balaban J connectivity index is 1.56. The van der Waals surface area contributed by atoms with Crippen LogP contribution < -0.4 is 5.73 Å². The molecule has 0 atom stereocenters. The molecule has 21 heavy (non-hydrogen) atoms. The van der Waals surface area contributed by atoms with Gasteiger partial charge >= 0.3 is 0 Å². The maximum Gasteiger partial charge on any atom is 0.0884 e. The first-order valence-corrected chi connectivity index (χ1v) is 8.19. The summed E-state index contributed by atoms with van der Waals surface area (Å²) in [4.78, 5) is 0. The van der Waals surface area contributed by atoms with Gasteiger partial charge in [0, 0.05) is 18.7 Å². The van der Waals surface area contributed by atoms with Crippen LogP contribution in [0.1, 0.15) is 55.7 Å². The van der Waals surface area contributed by atoms with Gasteiger partial charge in [0.15, 0.2) is 0 Å². The summed E-state index contributed by atoms with van der Waals surface area (Å²) >= 11 is 0. The average Bonchev–Trinajstić information content (AvgIpc) is 2.90. The molecule has 0 bridgehead atoms. The second-order valence-electron chi connectivity index (χ2n) is 6.16. The Labute approximate surface area is 127 Å². The summed E-state index contributed by atoms with van der Waals surface area (Å²) in [6.07, 6.45) is 10.8. The summed E-state index contributed by atoms with van der Waals surface area (Å²) in [7, 11) is 0. The Hall–Kier alpha value is -1.77. The van der Waals surface area contributed by atoms with Crippen molar-refractivity contribution in [3.63, 3.8) is 0 Å². The fourth-order valence-electron chi connectivity index (χ4n) is 3.35. The number of nitrogens with two attached hydrogens (primary N) is 1.